The van der Waals surface area contributed by atoms with Crippen LogP contribution in [-0.2, 0) is 0 Å². The summed E-state index contributed by atoms with van der Waals surface area (Å²) in [6.07, 6.45) is 0. The summed E-state index contributed by atoms with van der Waals surface area (Å²) in [5, 5.41) is 0. The molecule has 0 aliphatic rings. The molecular weight excluding hydrogens is 230 g/mol. The summed E-state index contributed by atoms with van der Waals surface area (Å²) in [6.45, 7) is 0. The number of nitrogens with one attached hydrogen (secondary N) is 1. The van der Waals surface area contributed by atoms with Gasteiger partial charge in [-0.15, -0.1) is 0 Å². The zero-order valence-corrected chi connectivity index (χ0v) is 9.87. The van der Waals surface area contributed by atoms with Gasteiger partial charge >= 0.3 is 0 Å². The molecule has 0 fully saturated rings. The van der Waals surface area contributed by atoms with E-state index in [9.17, 15) is 0 Å². The Morgan fingerprint density at radius 1 is 1.00 bits per heavy atom. The second-order valence-electron chi connectivity index (χ2n) is 3.84. The maximum atomic E-state index is 5.99. The zero-order chi connectivity index (χ0) is 11.8. The summed E-state index contributed by atoms with van der Waals surface area (Å²) < 4.78 is 2.61. The molecule has 0 aliphatic heterocycles. The third-order valence-electron chi connectivity index (χ3n) is 2.77. The molecule has 0 atom stereocenters. The van der Waals surface area contributed by atoms with Crippen LogP contribution in [0.3, 0.4) is 0 Å². The second kappa shape index (κ2) is 3.75. The van der Waals surface area contributed by atoms with E-state index >= 15 is 0 Å². The Morgan fingerprint density at radius 2 is 1.71 bits per heavy atom. The molecule has 0 spiro atoms. The number of benzene rings is 2. The molecule has 4 heteroatoms. The third-order valence-corrected chi connectivity index (χ3v) is 3.05. The quantitative estimate of drug-likeness (QED) is 0.507. The molecule has 3 N–H and O–H groups in total. The second-order valence-corrected chi connectivity index (χ2v) is 4.23. The zero-order valence-electron chi connectivity index (χ0n) is 9.05. The number of hydrogen-bond donors (Lipinski definition) is 2. The van der Waals surface area contributed by atoms with Crippen LogP contribution in [0.4, 0.5) is 5.69 Å². The first-order chi connectivity index (χ1) is 8.27. The lowest BCUT2D eigenvalue weighted by Gasteiger charge is -2.07. The topological polar surface area (TPSA) is 46.7 Å². The first-order valence-corrected chi connectivity index (χ1v) is 5.73. The van der Waals surface area contributed by atoms with E-state index < -0.39 is 0 Å². The average Bonchev–Trinajstić information content (AvgIpc) is 2.66. The SMILES string of the molecule is Nc1ccccc1-n1c(=S)[nH]c2ccccc21. The fourth-order valence-electron chi connectivity index (χ4n) is 1.99. The largest absolute Gasteiger partial charge is 0.397 e. The van der Waals surface area contributed by atoms with E-state index in [0.717, 1.165) is 16.7 Å². The first-order valence-electron chi connectivity index (χ1n) is 5.32. The summed E-state index contributed by atoms with van der Waals surface area (Å²) >= 11 is 5.35. The number of nitrogens with zero attached hydrogens (tertiary/aromatic N) is 1. The lowest BCUT2D eigenvalue weighted by molar-refractivity contribution is 1.07. The number of rotatable bonds is 1. The van der Waals surface area contributed by atoms with E-state index in [4.69, 9.17) is 18.0 Å². The molecule has 0 saturated heterocycles. The predicted molar refractivity (Wildman–Crippen MR) is 72.9 cm³/mol. The van der Waals surface area contributed by atoms with Gasteiger partial charge in [0.25, 0.3) is 0 Å². The molecule has 0 bridgehead atoms. The molecule has 2 aromatic carbocycles. The highest BCUT2D eigenvalue weighted by Crippen LogP contribution is 2.23. The Bertz CT molecular complexity index is 740. The maximum Gasteiger partial charge on any atom is 0.182 e. The number of imidazole rings is 1. The highest BCUT2D eigenvalue weighted by molar-refractivity contribution is 7.71. The van der Waals surface area contributed by atoms with Crippen LogP contribution in [0.5, 0.6) is 0 Å². The van der Waals surface area contributed by atoms with Crippen LogP contribution in [0.15, 0.2) is 48.5 Å². The van der Waals surface area contributed by atoms with Crippen molar-refractivity contribution in [1.82, 2.24) is 9.55 Å². The van der Waals surface area contributed by atoms with Crippen LogP contribution < -0.4 is 5.73 Å². The van der Waals surface area contributed by atoms with Gasteiger partial charge in [0.2, 0.25) is 0 Å². The van der Waals surface area contributed by atoms with Gasteiger partial charge in [-0.2, -0.15) is 0 Å². The van der Waals surface area contributed by atoms with Gasteiger partial charge in [-0.1, -0.05) is 24.3 Å². The van der Waals surface area contributed by atoms with Crippen molar-refractivity contribution in [1.29, 1.82) is 0 Å². The number of nitrogen functional groups attached to an aromatic ring is 1. The van der Waals surface area contributed by atoms with E-state index in [1.807, 2.05) is 53.1 Å². The van der Waals surface area contributed by atoms with Gasteiger partial charge in [0.1, 0.15) is 0 Å². The van der Waals surface area contributed by atoms with E-state index in [2.05, 4.69) is 4.98 Å². The van der Waals surface area contributed by atoms with Crippen LogP contribution >= 0.6 is 12.2 Å². The highest BCUT2D eigenvalue weighted by Gasteiger charge is 2.07. The lowest BCUT2D eigenvalue weighted by Crippen LogP contribution is -1.99. The molecular formula is C13H11N3S. The molecule has 0 aliphatic carbocycles. The number of nitrogens with two attached hydrogens (primary N) is 1. The Balaban J connectivity index is 2.42. The number of H-pyrrole nitrogens is 1. The fraction of sp³-hybridized carbons (Fsp3) is 0. The van der Waals surface area contributed by atoms with Crippen LogP contribution in [-0.4, -0.2) is 9.55 Å². The molecule has 17 heavy (non-hydrogen) atoms. The van der Waals surface area contributed by atoms with Crippen molar-refractivity contribution in [3.8, 4) is 5.69 Å². The number of aromatic nitrogens is 2. The standard InChI is InChI=1S/C13H11N3S/c14-9-5-1-3-7-11(9)16-12-8-4-2-6-10(12)15-13(16)17/h1-8H,14H2,(H,15,17). The minimum atomic E-state index is 0.657. The smallest absolute Gasteiger partial charge is 0.182 e. The molecule has 1 aromatic heterocycles. The average molecular weight is 241 g/mol. The van der Waals surface area contributed by atoms with Crippen molar-refractivity contribution in [2.75, 3.05) is 5.73 Å². The summed E-state index contributed by atoms with van der Waals surface area (Å²) in [4.78, 5) is 3.17. The van der Waals surface area contributed by atoms with Crippen LogP contribution in [0.1, 0.15) is 0 Å². The Hall–Kier alpha value is -2.07. The summed E-state index contributed by atoms with van der Waals surface area (Å²) in [5.74, 6) is 0. The molecule has 3 nitrogen and oxygen atoms in total. The van der Waals surface area contributed by atoms with Gasteiger partial charge in [0, 0.05) is 0 Å². The minimum Gasteiger partial charge on any atom is -0.397 e. The number of anilines is 1. The van der Waals surface area contributed by atoms with Crippen molar-refractivity contribution in [3.63, 3.8) is 0 Å². The minimum absolute atomic E-state index is 0.657. The third kappa shape index (κ3) is 1.54. The van der Waals surface area contributed by atoms with Crippen LogP contribution in [0.2, 0.25) is 0 Å². The summed E-state index contributed by atoms with van der Waals surface area (Å²) in [5.41, 5.74) is 9.67. The Morgan fingerprint density at radius 3 is 2.53 bits per heavy atom. The fourth-order valence-corrected chi connectivity index (χ4v) is 2.29. The monoisotopic (exact) mass is 241 g/mol. The van der Waals surface area contributed by atoms with Crippen molar-refractivity contribution >= 4 is 28.9 Å². The normalized spacial score (nSPS) is 10.8. The van der Waals surface area contributed by atoms with Gasteiger partial charge in [0.15, 0.2) is 4.77 Å². The molecule has 3 aromatic rings. The number of fused-ring (bicyclic) bond motifs is 1. The van der Waals surface area contributed by atoms with Gasteiger partial charge < -0.3 is 10.7 Å². The highest BCUT2D eigenvalue weighted by atomic mass is 32.1. The van der Waals surface area contributed by atoms with Gasteiger partial charge in [0.05, 0.1) is 22.4 Å². The molecule has 84 valence electrons. The first kappa shape index (κ1) is 10.1. The van der Waals surface area contributed by atoms with E-state index in [1.54, 1.807) is 0 Å². The van der Waals surface area contributed by atoms with Crippen LogP contribution in [0.25, 0.3) is 16.7 Å². The summed E-state index contributed by atoms with van der Waals surface area (Å²) in [7, 11) is 0. The van der Waals surface area contributed by atoms with Crippen molar-refractivity contribution in [2.24, 2.45) is 0 Å². The van der Waals surface area contributed by atoms with E-state index in [1.165, 1.54) is 0 Å². The predicted octanol–water partition coefficient (Wildman–Crippen LogP) is 3.27. The molecule has 0 radical (unpaired) electrons. The van der Waals surface area contributed by atoms with Crippen molar-refractivity contribution in [2.45, 2.75) is 0 Å². The van der Waals surface area contributed by atoms with E-state index in [-0.39, 0.29) is 0 Å². The molecule has 0 unspecified atom stereocenters. The number of aromatic amines is 1. The van der Waals surface area contributed by atoms with Crippen LogP contribution in [0, 0.1) is 4.77 Å². The van der Waals surface area contributed by atoms with Crippen molar-refractivity contribution < 1.29 is 0 Å². The number of para-hydroxylation sites is 4. The lowest BCUT2D eigenvalue weighted by atomic mass is 10.2. The summed E-state index contributed by atoms with van der Waals surface area (Å²) in [6, 6.07) is 15.7. The van der Waals surface area contributed by atoms with Gasteiger partial charge in [-0.25, -0.2) is 0 Å². The van der Waals surface area contributed by atoms with E-state index in [0.29, 0.717) is 10.5 Å². The molecule has 1 heterocycles. The molecule has 0 saturated carbocycles. The number of hydrogen-bond acceptors (Lipinski definition) is 2. The van der Waals surface area contributed by atoms with Crippen molar-refractivity contribution in [3.05, 3.63) is 53.3 Å². The van der Waals surface area contributed by atoms with Gasteiger partial charge in [-0.3, -0.25) is 4.57 Å². The molecule has 0 amide bonds. The Labute approximate surface area is 104 Å². The Kier molecular flexibility index (Phi) is 2.23. The van der Waals surface area contributed by atoms with Gasteiger partial charge in [-0.05, 0) is 36.5 Å². The molecule has 3 rings (SSSR count). The maximum absolute atomic E-state index is 5.99.